The first-order valence-corrected chi connectivity index (χ1v) is 4.90. The molecular formula is C11H7ClF2N2. The minimum absolute atomic E-state index is 0.177. The van der Waals surface area contributed by atoms with Crippen molar-refractivity contribution in [1.29, 1.82) is 0 Å². The second kappa shape index (κ2) is 4.14. The maximum atomic E-state index is 13.3. The molecule has 5 heteroatoms. The number of rotatable bonds is 1. The van der Waals surface area contributed by atoms with Crippen LogP contribution < -0.4 is 0 Å². The summed E-state index contributed by atoms with van der Waals surface area (Å²) in [6.45, 7) is 1.74. The summed E-state index contributed by atoms with van der Waals surface area (Å²) in [6, 6.07) is 3.97. The fourth-order valence-corrected chi connectivity index (χ4v) is 1.45. The minimum atomic E-state index is -0.873. The van der Waals surface area contributed by atoms with Crippen LogP contribution in [0.5, 0.6) is 0 Å². The van der Waals surface area contributed by atoms with Crippen LogP contribution in [0.25, 0.3) is 11.1 Å². The van der Waals surface area contributed by atoms with Crippen LogP contribution in [0, 0.1) is 18.8 Å². The molecular weight excluding hydrogens is 234 g/mol. The quantitative estimate of drug-likeness (QED) is 0.714. The Kier molecular flexibility index (Phi) is 2.83. The van der Waals surface area contributed by atoms with E-state index in [9.17, 15) is 8.78 Å². The molecule has 0 amide bonds. The van der Waals surface area contributed by atoms with Crippen molar-refractivity contribution in [1.82, 2.24) is 9.97 Å². The molecule has 0 aromatic carbocycles. The van der Waals surface area contributed by atoms with Crippen molar-refractivity contribution in [2.75, 3.05) is 0 Å². The van der Waals surface area contributed by atoms with Gasteiger partial charge in [-0.2, -0.15) is 13.8 Å². The molecule has 16 heavy (non-hydrogen) atoms. The van der Waals surface area contributed by atoms with Gasteiger partial charge in [-0.15, -0.1) is 0 Å². The van der Waals surface area contributed by atoms with Gasteiger partial charge in [-0.05, 0) is 25.1 Å². The first-order valence-electron chi connectivity index (χ1n) is 4.52. The molecule has 2 heterocycles. The lowest BCUT2D eigenvalue weighted by molar-refractivity contribution is 0.515. The van der Waals surface area contributed by atoms with E-state index < -0.39 is 11.9 Å². The van der Waals surface area contributed by atoms with E-state index in [1.54, 1.807) is 13.0 Å². The summed E-state index contributed by atoms with van der Waals surface area (Å²) in [5, 5.41) is 0.432. The summed E-state index contributed by atoms with van der Waals surface area (Å²) in [4.78, 5) is 7.10. The molecule has 0 fully saturated rings. The summed E-state index contributed by atoms with van der Waals surface area (Å²) in [6.07, 6.45) is 1.47. The molecule has 0 aliphatic rings. The third kappa shape index (κ3) is 2.02. The minimum Gasteiger partial charge on any atom is -0.259 e. The van der Waals surface area contributed by atoms with Gasteiger partial charge in [0.15, 0.2) is 0 Å². The maximum absolute atomic E-state index is 13.3. The zero-order valence-electron chi connectivity index (χ0n) is 8.34. The summed E-state index contributed by atoms with van der Waals surface area (Å²) >= 11 is 5.87. The van der Waals surface area contributed by atoms with Crippen LogP contribution in [0.2, 0.25) is 5.02 Å². The maximum Gasteiger partial charge on any atom is 0.223 e. The van der Waals surface area contributed by atoms with Crippen LogP contribution in [0.1, 0.15) is 5.69 Å². The van der Waals surface area contributed by atoms with Crippen molar-refractivity contribution in [2.24, 2.45) is 0 Å². The molecule has 0 bridgehead atoms. The van der Waals surface area contributed by atoms with Crippen molar-refractivity contribution >= 4 is 11.6 Å². The summed E-state index contributed by atoms with van der Waals surface area (Å²) in [7, 11) is 0. The number of aryl methyl sites for hydroxylation is 1. The number of hydrogen-bond acceptors (Lipinski definition) is 2. The lowest BCUT2D eigenvalue weighted by atomic mass is 10.1. The highest BCUT2D eigenvalue weighted by molar-refractivity contribution is 6.31. The Bertz CT molecular complexity index is 544. The van der Waals surface area contributed by atoms with Crippen molar-refractivity contribution in [3.8, 4) is 11.1 Å². The Hall–Kier alpha value is -1.55. The third-order valence-corrected chi connectivity index (χ3v) is 2.53. The van der Waals surface area contributed by atoms with Crippen LogP contribution in [-0.2, 0) is 0 Å². The Labute approximate surface area is 95.9 Å². The Balaban J connectivity index is 2.54. The molecule has 82 valence electrons. The van der Waals surface area contributed by atoms with Gasteiger partial charge < -0.3 is 0 Å². The highest BCUT2D eigenvalue weighted by Crippen LogP contribution is 2.25. The molecule has 0 saturated carbocycles. The highest BCUT2D eigenvalue weighted by atomic mass is 35.5. The summed E-state index contributed by atoms with van der Waals surface area (Å²) in [5.74, 6) is -1.73. The zero-order chi connectivity index (χ0) is 11.7. The number of pyridine rings is 2. The molecule has 0 spiro atoms. The average Bonchev–Trinajstić information content (AvgIpc) is 2.22. The Morgan fingerprint density at radius 3 is 2.62 bits per heavy atom. The standard InChI is InChI=1S/C11H7ClF2N2/c1-6-9(12)4-7(5-15-6)8-2-3-10(13)16-11(8)14/h2-5H,1H3. The molecule has 2 aromatic heterocycles. The molecule has 0 saturated heterocycles. The topological polar surface area (TPSA) is 25.8 Å². The molecule has 2 aromatic rings. The first kappa shape index (κ1) is 11.0. The largest absolute Gasteiger partial charge is 0.259 e. The Morgan fingerprint density at radius 2 is 2.00 bits per heavy atom. The van der Waals surface area contributed by atoms with Gasteiger partial charge in [-0.3, -0.25) is 4.98 Å². The van der Waals surface area contributed by atoms with E-state index in [4.69, 9.17) is 11.6 Å². The molecule has 0 aliphatic heterocycles. The van der Waals surface area contributed by atoms with E-state index in [-0.39, 0.29) is 5.56 Å². The van der Waals surface area contributed by atoms with E-state index in [0.717, 1.165) is 6.07 Å². The van der Waals surface area contributed by atoms with Gasteiger partial charge in [0.2, 0.25) is 11.9 Å². The van der Waals surface area contributed by atoms with Crippen LogP contribution in [0.4, 0.5) is 8.78 Å². The van der Waals surface area contributed by atoms with Crippen LogP contribution in [0.15, 0.2) is 24.4 Å². The van der Waals surface area contributed by atoms with Crippen molar-refractivity contribution < 1.29 is 8.78 Å². The van der Waals surface area contributed by atoms with Gasteiger partial charge in [-0.1, -0.05) is 11.6 Å². The van der Waals surface area contributed by atoms with Gasteiger partial charge in [0.1, 0.15) is 0 Å². The number of halogens is 3. The molecule has 0 N–H and O–H groups in total. The van der Waals surface area contributed by atoms with Crippen molar-refractivity contribution in [3.05, 3.63) is 47.0 Å². The van der Waals surface area contributed by atoms with Gasteiger partial charge in [0.05, 0.1) is 10.7 Å². The normalized spacial score (nSPS) is 10.5. The molecule has 0 aliphatic carbocycles. The third-order valence-electron chi connectivity index (χ3n) is 2.15. The molecule has 2 nitrogen and oxygen atoms in total. The Morgan fingerprint density at radius 1 is 1.25 bits per heavy atom. The lowest BCUT2D eigenvalue weighted by Crippen LogP contribution is -1.93. The zero-order valence-corrected chi connectivity index (χ0v) is 9.09. The predicted molar refractivity (Wildman–Crippen MR) is 57.1 cm³/mol. The van der Waals surface area contributed by atoms with E-state index in [0.29, 0.717) is 16.3 Å². The van der Waals surface area contributed by atoms with E-state index in [1.165, 1.54) is 12.3 Å². The van der Waals surface area contributed by atoms with Crippen LogP contribution in [-0.4, -0.2) is 9.97 Å². The average molecular weight is 241 g/mol. The van der Waals surface area contributed by atoms with Crippen molar-refractivity contribution in [3.63, 3.8) is 0 Å². The first-order chi connectivity index (χ1) is 7.58. The van der Waals surface area contributed by atoms with Crippen LogP contribution in [0.3, 0.4) is 0 Å². The molecule has 0 atom stereocenters. The molecule has 0 unspecified atom stereocenters. The van der Waals surface area contributed by atoms with Gasteiger partial charge in [0.25, 0.3) is 0 Å². The predicted octanol–water partition coefficient (Wildman–Crippen LogP) is 3.38. The van der Waals surface area contributed by atoms with Crippen LogP contribution >= 0.6 is 11.6 Å². The summed E-state index contributed by atoms with van der Waals surface area (Å²) in [5.41, 5.74) is 1.30. The number of hydrogen-bond donors (Lipinski definition) is 0. The van der Waals surface area contributed by atoms with E-state index >= 15 is 0 Å². The van der Waals surface area contributed by atoms with E-state index in [1.807, 2.05) is 0 Å². The molecule has 2 rings (SSSR count). The fourth-order valence-electron chi connectivity index (χ4n) is 1.28. The fraction of sp³-hybridized carbons (Fsp3) is 0.0909. The smallest absolute Gasteiger partial charge is 0.223 e. The second-order valence-corrected chi connectivity index (χ2v) is 3.67. The number of nitrogens with zero attached hydrogens (tertiary/aromatic N) is 2. The number of aromatic nitrogens is 2. The van der Waals surface area contributed by atoms with E-state index in [2.05, 4.69) is 9.97 Å². The van der Waals surface area contributed by atoms with Crippen molar-refractivity contribution in [2.45, 2.75) is 6.92 Å². The second-order valence-electron chi connectivity index (χ2n) is 3.26. The molecule has 0 radical (unpaired) electrons. The summed E-state index contributed by atoms with van der Waals surface area (Å²) < 4.78 is 26.0. The lowest BCUT2D eigenvalue weighted by Gasteiger charge is -2.04. The van der Waals surface area contributed by atoms with Gasteiger partial charge >= 0.3 is 0 Å². The monoisotopic (exact) mass is 240 g/mol. The SMILES string of the molecule is Cc1ncc(-c2ccc(F)nc2F)cc1Cl. The van der Waals surface area contributed by atoms with Gasteiger partial charge in [-0.25, -0.2) is 0 Å². The van der Waals surface area contributed by atoms with Gasteiger partial charge in [0, 0.05) is 17.3 Å². The highest BCUT2D eigenvalue weighted by Gasteiger charge is 2.09.